The molecule has 0 aromatic heterocycles. The van der Waals surface area contributed by atoms with Crippen molar-refractivity contribution in [1.82, 2.24) is 30.8 Å². The van der Waals surface area contributed by atoms with Crippen LogP contribution in [0.5, 0.6) is 5.75 Å². The molecule has 6 amide bonds. The fourth-order valence-corrected chi connectivity index (χ4v) is 11.1. The first kappa shape index (κ1) is 72.9. The van der Waals surface area contributed by atoms with Gasteiger partial charge in [0.25, 0.3) is 11.8 Å². The fraction of sp³-hybridized carbons (Fsp3) is 0.641. The maximum atomic E-state index is 14.0. The number of hydrogen-bond acceptors (Lipinski definition) is 20. The van der Waals surface area contributed by atoms with Crippen LogP contribution < -0.4 is 20.7 Å². The lowest BCUT2D eigenvalue weighted by Crippen LogP contribution is -2.51. The molecule has 2 unspecified atom stereocenters. The van der Waals surface area contributed by atoms with E-state index in [4.69, 9.17) is 54.3 Å². The molecule has 90 heavy (non-hydrogen) atoms. The predicted molar refractivity (Wildman–Crippen MR) is 332 cm³/mol. The third-order valence-electron chi connectivity index (χ3n) is 15.6. The minimum Gasteiger partial charge on any atom is -0.495 e. The predicted octanol–water partition coefficient (Wildman–Crippen LogP) is 5.24. The number of rotatable bonds is 32. The van der Waals surface area contributed by atoms with Crippen molar-refractivity contribution < 1.29 is 85.9 Å². The summed E-state index contributed by atoms with van der Waals surface area (Å²) in [5.74, 6) is -3.93. The van der Waals surface area contributed by atoms with Gasteiger partial charge in [-0.25, -0.2) is 9.59 Å². The molecule has 2 aromatic carbocycles. The second-order valence-electron chi connectivity index (χ2n) is 24.4. The number of benzene rings is 2. The van der Waals surface area contributed by atoms with Gasteiger partial charge in [0, 0.05) is 88.6 Å². The largest absolute Gasteiger partial charge is 0.495 e. The normalized spacial score (nSPS) is 21.9. The molecular formula is C64H91ClN6O18S. The van der Waals surface area contributed by atoms with Gasteiger partial charge in [0.05, 0.1) is 88.7 Å². The van der Waals surface area contributed by atoms with Gasteiger partial charge in [-0.3, -0.25) is 38.5 Å². The Balaban J connectivity index is 0.859. The van der Waals surface area contributed by atoms with Crippen LogP contribution in [0.1, 0.15) is 116 Å². The van der Waals surface area contributed by atoms with Crippen molar-refractivity contribution in [3.63, 3.8) is 0 Å². The molecular weight excluding hydrogens is 1210 g/mol. The van der Waals surface area contributed by atoms with Gasteiger partial charge in [-0.2, -0.15) is 0 Å². The molecule has 0 radical (unpaired) electrons. The minimum absolute atomic E-state index is 0.0342. The number of methoxy groups -OCH3 is 1. The lowest BCUT2D eigenvalue weighted by atomic mass is 9.92. The van der Waals surface area contributed by atoms with Crippen LogP contribution in [-0.4, -0.2) is 202 Å². The highest BCUT2D eigenvalue weighted by Crippen LogP contribution is 2.45. The average molecular weight is 1300 g/mol. The molecule has 0 aliphatic carbocycles. The number of esters is 2. The zero-order valence-corrected chi connectivity index (χ0v) is 54.8. The van der Waals surface area contributed by atoms with Crippen LogP contribution in [0, 0.1) is 17.3 Å². The number of nitrogens with zero attached hydrogens (tertiary/aromatic N) is 3. The number of carbonyl (C=O) groups excluding carboxylic acids is 9. The van der Waals surface area contributed by atoms with Crippen molar-refractivity contribution >= 4 is 76.7 Å². The van der Waals surface area contributed by atoms with E-state index in [0.717, 1.165) is 24.2 Å². The van der Waals surface area contributed by atoms with E-state index in [1.807, 2.05) is 51.7 Å². The summed E-state index contributed by atoms with van der Waals surface area (Å²) in [4.78, 5) is 125. The average Bonchev–Trinajstić information content (AvgIpc) is 1.67. The van der Waals surface area contributed by atoms with Crippen LogP contribution in [0.2, 0.25) is 5.02 Å². The third kappa shape index (κ3) is 24.5. The number of epoxide rings is 1. The molecule has 0 bridgehead atoms. The lowest BCUT2D eigenvalue weighted by Gasteiger charge is -2.35. The van der Waals surface area contributed by atoms with E-state index in [9.17, 15) is 43.2 Å². The number of carbonyl (C=O) groups is 9. The Morgan fingerprint density at radius 3 is 2.09 bits per heavy atom. The Bertz CT molecular complexity index is 2760. The van der Waals surface area contributed by atoms with Crippen LogP contribution in [0.25, 0.3) is 0 Å². The second kappa shape index (κ2) is 36.2. The summed E-state index contributed by atoms with van der Waals surface area (Å²) in [6.07, 6.45) is 1.73. The molecule has 6 atom stereocenters. The molecule has 3 fully saturated rings. The van der Waals surface area contributed by atoms with Crippen molar-refractivity contribution in [2.45, 2.75) is 142 Å². The zero-order chi connectivity index (χ0) is 65.4. The van der Waals surface area contributed by atoms with E-state index in [1.54, 1.807) is 38.1 Å². The van der Waals surface area contributed by atoms with Gasteiger partial charge in [0.1, 0.15) is 24.0 Å². The molecule has 3 N–H and O–H groups in total. The van der Waals surface area contributed by atoms with Gasteiger partial charge in [-0.1, -0.05) is 82.6 Å². The Morgan fingerprint density at radius 1 is 0.822 bits per heavy atom. The van der Waals surface area contributed by atoms with Gasteiger partial charge in [-0.15, -0.1) is 16.8 Å². The fourth-order valence-electron chi connectivity index (χ4n) is 9.98. The zero-order valence-electron chi connectivity index (χ0n) is 53.2. The number of hydrogen-bond donors (Lipinski definition) is 3. The molecule has 4 aliphatic heterocycles. The van der Waals surface area contributed by atoms with E-state index in [0.29, 0.717) is 93.5 Å². The highest BCUT2D eigenvalue weighted by molar-refractivity contribution is 8.01. The second-order valence-corrected chi connectivity index (χ2v) is 26.5. The SMILES string of the molecule is COc1ccc(C[C@H]2NC(=O)/C=C/C[C@@H]([C@H](C)C3OC3c3ccc(CN4CCN(C(=O)CCC(C)(C)SCC(=O)NCCOCCOCCOCCOCCC(=O)ON5C(=O)CCC5=O)CC4)cc3)OC(=O)[C@H](CC(C)C)OC(=O)C(C)(C)CNC2=O)cc1Cl. The molecule has 0 saturated carbocycles. The Hall–Kier alpha value is -6.19. The van der Waals surface area contributed by atoms with Crippen molar-refractivity contribution in [2.75, 3.05) is 105 Å². The number of halogens is 1. The Kier molecular flexibility index (Phi) is 29.3. The van der Waals surface area contributed by atoms with E-state index in [-0.39, 0.29) is 111 Å². The van der Waals surface area contributed by atoms with Crippen molar-refractivity contribution in [3.8, 4) is 5.75 Å². The molecule has 4 heterocycles. The molecule has 6 rings (SSSR count). The molecule has 24 nitrogen and oxygen atoms in total. The van der Waals surface area contributed by atoms with Crippen LogP contribution in [0.3, 0.4) is 0 Å². The number of ether oxygens (including phenoxy) is 8. The van der Waals surface area contributed by atoms with Gasteiger partial charge >= 0.3 is 17.9 Å². The summed E-state index contributed by atoms with van der Waals surface area (Å²) in [6, 6.07) is 12.3. The number of hydroxylamine groups is 2. The van der Waals surface area contributed by atoms with Gasteiger partial charge < -0.3 is 63.6 Å². The maximum absolute atomic E-state index is 14.0. The molecule has 26 heteroatoms. The lowest BCUT2D eigenvalue weighted by molar-refractivity contribution is -0.198. The van der Waals surface area contributed by atoms with Crippen molar-refractivity contribution in [1.29, 1.82) is 0 Å². The van der Waals surface area contributed by atoms with E-state index in [1.165, 1.54) is 24.9 Å². The van der Waals surface area contributed by atoms with Crippen LogP contribution >= 0.6 is 23.4 Å². The first-order valence-electron chi connectivity index (χ1n) is 30.9. The highest BCUT2D eigenvalue weighted by Gasteiger charge is 2.48. The summed E-state index contributed by atoms with van der Waals surface area (Å²) in [7, 11) is 1.50. The molecule has 4 aliphatic rings. The summed E-state index contributed by atoms with van der Waals surface area (Å²) in [6.45, 7) is 19.0. The molecule has 498 valence electrons. The number of amides is 6. The summed E-state index contributed by atoms with van der Waals surface area (Å²) in [5, 5.41) is 9.31. The molecule has 2 aromatic rings. The standard InChI is InChI=1S/C64H91ClN6O18S/c1-42(2)36-51-61(79)86-49(10-9-11-52(72)68-48(38-45-14-17-50(81-8)47(65)37-45)60(78)67-41-63(4,5)62(80)87-51)43(3)58-59(88-58)46-15-12-44(13-16-46)39-69-24-26-70(27-25-69)54(74)20-22-64(6,7)90-40-53(73)66-23-29-83-31-33-85-35-34-84-32-30-82-28-21-57(77)89-71-55(75)18-19-56(71)76/h9,11-17,37,42-43,48-49,51,58-59H,10,18-36,38-41H2,1-8H3,(H,66,73)(H,67,78)(H,68,72)/b11-9+/t43-,48+,49-,51-,58?,59?/m0/s1. The van der Waals surface area contributed by atoms with E-state index >= 15 is 0 Å². The molecule has 0 spiro atoms. The molecule has 3 saturated heterocycles. The number of imide groups is 1. The van der Waals surface area contributed by atoms with Gasteiger partial charge in [0.2, 0.25) is 23.6 Å². The number of thioether (sulfide) groups is 1. The first-order chi connectivity index (χ1) is 42.9. The highest BCUT2D eigenvalue weighted by atomic mass is 35.5. The van der Waals surface area contributed by atoms with Crippen molar-refractivity contribution in [2.24, 2.45) is 17.3 Å². The smallest absolute Gasteiger partial charge is 0.347 e. The van der Waals surface area contributed by atoms with Crippen LogP contribution in [-0.2, 0) is 94.1 Å². The Labute approximate surface area is 537 Å². The van der Waals surface area contributed by atoms with Crippen LogP contribution in [0.4, 0.5) is 0 Å². The van der Waals surface area contributed by atoms with E-state index in [2.05, 4.69) is 33.0 Å². The topological polar surface area (TPSA) is 286 Å². The summed E-state index contributed by atoms with van der Waals surface area (Å²) in [5.41, 5.74) is 1.48. The maximum Gasteiger partial charge on any atom is 0.347 e. The third-order valence-corrected chi connectivity index (χ3v) is 17.3. The Morgan fingerprint density at radius 2 is 1.46 bits per heavy atom. The van der Waals surface area contributed by atoms with Gasteiger partial charge in [-0.05, 0) is 67.5 Å². The van der Waals surface area contributed by atoms with Gasteiger partial charge in [0.15, 0.2) is 6.10 Å². The first-order valence-corrected chi connectivity index (χ1v) is 32.3. The van der Waals surface area contributed by atoms with E-state index < -0.39 is 65.2 Å². The number of piperazine rings is 1. The number of cyclic esters (lactones) is 2. The number of nitrogens with one attached hydrogen (secondary N) is 3. The minimum atomic E-state index is -1.25. The summed E-state index contributed by atoms with van der Waals surface area (Å²) >= 11 is 7.91. The quantitative estimate of drug-likeness (QED) is 0.0365. The summed E-state index contributed by atoms with van der Waals surface area (Å²) < 4.78 is 45.1. The monoisotopic (exact) mass is 1300 g/mol. The van der Waals surface area contributed by atoms with Crippen molar-refractivity contribution in [3.05, 3.63) is 76.3 Å². The van der Waals surface area contributed by atoms with Crippen LogP contribution in [0.15, 0.2) is 54.6 Å².